The highest BCUT2D eigenvalue weighted by atomic mass is 79.9. The van der Waals surface area contributed by atoms with Crippen molar-refractivity contribution in [3.63, 3.8) is 0 Å². The van der Waals surface area contributed by atoms with Crippen LogP contribution < -0.4 is 0 Å². The zero-order chi connectivity index (χ0) is 11.6. The van der Waals surface area contributed by atoms with E-state index in [0.717, 1.165) is 10.0 Å². The van der Waals surface area contributed by atoms with E-state index < -0.39 is 0 Å². The molecule has 0 N–H and O–H groups in total. The molecule has 0 bridgehead atoms. The minimum absolute atomic E-state index is 0.0400. The molecule has 0 aliphatic carbocycles. The molecule has 0 fully saturated rings. The third kappa shape index (κ3) is 3.06. The summed E-state index contributed by atoms with van der Waals surface area (Å²) in [6, 6.07) is 5.86. The summed E-state index contributed by atoms with van der Waals surface area (Å²) in [5, 5.41) is 0. The van der Waals surface area contributed by atoms with Gasteiger partial charge < -0.3 is 4.90 Å². The molecule has 0 saturated heterocycles. The number of nitrogens with zero attached hydrogens (tertiary/aromatic N) is 1. The van der Waals surface area contributed by atoms with Gasteiger partial charge in [0.1, 0.15) is 0 Å². The molecule has 0 saturated carbocycles. The van der Waals surface area contributed by atoms with Crippen molar-refractivity contribution in [2.24, 2.45) is 0 Å². The van der Waals surface area contributed by atoms with E-state index >= 15 is 0 Å². The second-order valence-corrected chi connectivity index (χ2v) is 5.04. The summed E-state index contributed by atoms with van der Waals surface area (Å²) in [4.78, 5) is 13.4. The van der Waals surface area contributed by atoms with Crippen LogP contribution in [-0.2, 0) is 0 Å². The number of carbonyl (C=O) groups excluding carboxylic acids is 1. The summed E-state index contributed by atoms with van der Waals surface area (Å²) in [7, 11) is 3.52. The summed E-state index contributed by atoms with van der Waals surface area (Å²) < 4.78 is 0.957. The predicted octanol–water partition coefficient (Wildman–Crippen LogP) is 3.27. The van der Waals surface area contributed by atoms with Crippen molar-refractivity contribution >= 4 is 21.8 Å². The summed E-state index contributed by atoms with van der Waals surface area (Å²) in [6.07, 6.45) is 0. The van der Waals surface area contributed by atoms with Crippen LogP contribution in [0.1, 0.15) is 35.7 Å². The van der Waals surface area contributed by atoms with Gasteiger partial charge in [-0.1, -0.05) is 29.8 Å². The largest absolute Gasteiger partial charge is 0.345 e. The van der Waals surface area contributed by atoms with Crippen molar-refractivity contribution in [2.75, 3.05) is 14.1 Å². The summed E-state index contributed by atoms with van der Waals surface area (Å²) in [6.45, 7) is 4.23. The molecule has 1 aromatic carbocycles. The molecule has 0 unspecified atom stereocenters. The van der Waals surface area contributed by atoms with E-state index in [1.54, 1.807) is 19.0 Å². The molecule has 0 atom stereocenters. The van der Waals surface area contributed by atoms with Gasteiger partial charge in [-0.3, -0.25) is 4.79 Å². The highest BCUT2D eigenvalue weighted by Crippen LogP contribution is 2.22. The van der Waals surface area contributed by atoms with Crippen molar-refractivity contribution in [1.29, 1.82) is 0 Å². The highest BCUT2D eigenvalue weighted by Gasteiger charge is 2.11. The monoisotopic (exact) mass is 269 g/mol. The molecular weight excluding hydrogens is 254 g/mol. The maximum Gasteiger partial charge on any atom is 0.253 e. The maximum atomic E-state index is 11.8. The average molecular weight is 270 g/mol. The standard InChI is InChI=1S/C12H16BrNO/c1-8(2)9-5-10(7-11(13)6-9)12(15)14(3)4/h5-8H,1-4H3. The molecule has 1 aromatic rings. The van der Waals surface area contributed by atoms with Crippen LogP contribution in [-0.4, -0.2) is 24.9 Å². The second-order valence-electron chi connectivity index (χ2n) is 4.13. The Balaban J connectivity index is 3.14. The first-order valence-corrected chi connectivity index (χ1v) is 5.73. The third-order valence-corrected chi connectivity index (χ3v) is 2.70. The van der Waals surface area contributed by atoms with E-state index in [2.05, 4.69) is 35.8 Å². The number of carbonyl (C=O) groups is 1. The van der Waals surface area contributed by atoms with Crippen LogP contribution in [0.4, 0.5) is 0 Å². The van der Waals surface area contributed by atoms with E-state index in [1.165, 1.54) is 5.56 Å². The topological polar surface area (TPSA) is 20.3 Å². The van der Waals surface area contributed by atoms with Crippen LogP contribution >= 0.6 is 15.9 Å². The fraction of sp³-hybridized carbons (Fsp3) is 0.417. The maximum absolute atomic E-state index is 11.8. The normalized spacial score (nSPS) is 10.5. The molecule has 2 nitrogen and oxygen atoms in total. The Morgan fingerprint density at radius 3 is 2.33 bits per heavy atom. The van der Waals surface area contributed by atoms with Gasteiger partial charge in [-0.25, -0.2) is 0 Å². The molecule has 1 rings (SSSR count). The quantitative estimate of drug-likeness (QED) is 0.807. The first-order chi connectivity index (χ1) is 6.91. The fourth-order valence-electron chi connectivity index (χ4n) is 1.33. The van der Waals surface area contributed by atoms with E-state index in [4.69, 9.17) is 0 Å². The number of hydrogen-bond donors (Lipinski definition) is 0. The van der Waals surface area contributed by atoms with Crippen molar-refractivity contribution < 1.29 is 4.79 Å². The van der Waals surface area contributed by atoms with E-state index in [9.17, 15) is 4.79 Å². The Hall–Kier alpha value is -0.830. The first-order valence-electron chi connectivity index (χ1n) is 4.94. The predicted molar refractivity (Wildman–Crippen MR) is 66.2 cm³/mol. The van der Waals surface area contributed by atoms with Crippen molar-refractivity contribution in [2.45, 2.75) is 19.8 Å². The lowest BCUT2D eigenvalue weighted by Crippen LogP contribution is -2.21. The second kappa shape index (κ2) is 4.79. The molecule has 0 radical (unpaired) electrons. The van der Waals surface area contributed by atoms with E-state index in [0.29, 0.717) is 5.92 Å². The van der Waals surface area contributed by atoms with Gasteiger partial charge in [-0.05, 0) is 29.7 Å². The molecule has 0 aliphatic rings. The molecule has 1 amide bonds. The zero-order valence-electron chi connectivity index (χ0n) is 9.54. The van der Waals surface area contributed by atoms with Crippen LogP contribution in [0.5, 0.6) is 0 Å². The van der Waals surface area contributed by atoms with Crippen LogP contribution in [0.25, 0.3) is 0 Å². The third-order valence-electron chi connectivity index (χ3n) is 2.24. The molecule has 0 spiro atoms. The highest BCUT2D eigenvalue weighted by molar-refractivity contribution is 9.10. The Bertz CT molecular complexity index is 372. The van der Waals surface area contributed by atoms with Crippen LogP contribution in [0, 0.1) is 0 Å². The molecule has 82 valence electrons. The van der Waals surface area contributed by atoms with Gasteiger partial charge in [-0.15, -0.1) is 0 Å². The molecule has 0 aromatic heterocycles. The summed E-state index contributed by atoms with van der Waals surface area (Å²) in [5.74, 6) is 0.467. The van der Waals surface area contributed by atoms with Crippen LogP contribution in [0.15, 0.2) is 22.7 Å². The summed E-state index contributed by atoms with van der Waals surface area (Å²) >= 11 is 3.43. The lowest BCUT2D eigenvalue weighted by molar-refractivity contribution is 0.0827. The zero-order valence-corrected chi connectivity index (χ0v) is 11.1. The van der Waals surface area contributed by atoms with Gasteiger partial charge in [0.25, 0.3) is 5.91 Å². The first kappa shape index (κ1) is 12.2. The van der Waals surface area contributed by atoms with Gasteiger partial charge in [0, 0.05) is 24.1 Å². The van der Waals surface area contributed by atoms with Gasteiger partial charge in [0.05, 0.1) is 0 Å². The van der Waals surface area contributed by atoms with Crippen molar-refractivity contribution in [1.82, 2.24) is 4.90 Å². The average Bonchev–Trinajstić information content (AvgIpc) is 2.15. The van der Waals surface area contributed by atoms with Gasteiger partial charge in [0.2, 0.25) is 0 Å². The molecule has 15 heavy (non-hydrogen) atoms. The summed E-state index contributed by atoms with van der Waals surface area (Å²) in [5.41, 5.74) is 1.91. The van der Waals surface area contributed by atoms with Gasteiger partial charge >= 0.3 is 0 Å². The minimum atomic E-state index is 0.0400. The number of benzene rings is 1. The SMILES string of the molecule is CC(C)c1cc(Br)cc(C(=O)N(C)C)c1. The van der Waals surface area contributed by atoms with Crippen LogP contribution in [0.3, 0.4) is 0 Å². The van der Waals surface area contributed by atoms with Crippen LogP contribution in [0.2, 0.25) is 0 Å². The number of rotatable bonds is 2. The van der Waals surface area contributed by atoms with E-state index in [1.807, 2.05) is 12.1 Å². The number of hydrogen-bond acceptors (Lipinski definition) is 1. The number of halogens is 1. The smallest absolute Gasteiger partial charge is 0.253 e. The molecule has 3 heteroatoms. The van der Waals surface area contributed by atoms with Crippen molar-refractivity contribution in [3.8, 4) is 0 Å². The fourth-order valence-corrected chi connectivity index (χ4v) is 1.84. The lowest BCUT2D eigenvalue weighted by atomic mass is 10.0. The Labute approximate surface area is 99.4 Å². The van der Waals surface area contributed by atoms with Gasteiger partial charge in [0.15, 0.2) is 0 Å². The van der Waals surface area contributed by atoms with Gasteiger partial charge in [-0.2, -0.15) is 0 Å². The molecule has 0 aliphatic heterocycles. The lowest BCUT2D eigenvalue weighted by Gasteiger charge is -2.13. The molecular formula is C12H16BrNO. The molecule has 0 heterocycles. The Kier molecular flexibility index (Phi) is 3.91. The Morgan fingerprint density at radius 2 is 1.87 bits per heavy atom. The van der Waals surface area contributed by atoms with Crippen molar-refractivity contribution in [3.05, 3.63) is 33.8 Å². The van der Waals surface area contributed by atoms with E-state index in [-0.39, 0.29) is 5.91 Å². The Morgan fingerprint density at radius 1 is 1.27 bits per heavy atom. The minimum Gasteiger partial charge on any atom is -0.345 e. The number of amides is 1.